The first-order chi connectivity index (χ1) is 8.99. The van der Waals surface area contributed by atoms with Crippen LogP contribution in [0.2, 0.25) is 0 Å². The smallest absolute Gasteiger partial charge is 0.107 e. The van der Waals surface area contributed by atoms with Crippen LogP contribution in [-0.2, 0) is 13.5 Å². The highest BCUT2D eigenvalue weighted by Crippen LogP contribution is 2.22. The zero-order valence-electron chi connectivity index (χ0n) is 11.6. The highest BCUT2D eigenvalue weighted by molar-refractivity contribution is 7.80. The van der Waals surface area contributed by atoms with Crippen molar-refractivity contribution < 1.29 is 0 Å². The Morgan fingerprint density at radius 3 is 2.68 bits per heavy atom. The van der Waals surface area contributed by atoms with Gasteiger partial charge in [-0.25, -0.2) is 0 Å². The summed E-state index contributed by atoms with van der Waals surface area (Å²) in [6.45, 7) is 4.40. The molecule has 0 atom stereocenters. The molecule has 2 N–H and O–H groups in total. The van der Waals surface area contributed by atoms with Crippen LogP contribution in [0.25, 0.3) is 0 Å². The highest BCUT2D eigenvalue weighted by atomic mass is 32.1. The summed E-state index contributed by atoms with van der Waals surface area (Å²) in [5.74, 6) is 0.494. The molecule has 1 heterocycles. The third-order valence-electron chi connectivity index (χ3n) is 3.21. The number of nitrogens with zero attached hydrogens (tertiary/aromatic N) is 2. The molecule has 0 bridgehead atoms. The fourth-order valence-electron chi connectivity index (χ4n) is 2.31. The monoisotopic (exact) mass is 273 g/mol. The molecule has 3 nitrogen and oxygen atoms in total. The molecule has 100 valence electrons. The van der Waals surface area contributed by atoms with E-state index in [2.05, 4.69) is 43.2 Å². The lowest BCUT2D eigenvalue weighted by molar-refractivity contribution is 0.747. The minimum absolute atomic E-state index is 0.408. The number of thiocarbonyl (C=S) groups is 1. The Bertz CT molecular complexity index is 599. The van der Waals surface area contributed by atoms with E-state index in [1.807, 2.05) is 13.2 Å². The summed E-state index contributed by atoms with van der Waals surface area (Å²) < 4.78 is 1.77. The van der Waals surface area contributed by atoms with E-state index >= 15 is 0 Å². The molecule has 0 unspecified atom stereocenters. The molecular weight excluding hydrogens is 254 g/mol. The second-order valence-corrected chi connectivity index (χ2v) is 5.50. The van der Waals surface area contributed by atoms with Gasteiger partial charge in [0.25, 0.3) is 0 Å². The van der Waals surface area contributed by atoms with Crippen molar-refractivity contribution in [2.45, 2.75) is 26.2 Å². The summed E-state index contributed by atoms with van der Waals surface area (Å²) in [6, 6.07) is 8.45. The number of hydrogen-bond acceptors (Lipinski definition) is 2. The Kier molecular flexibility index (Phi) is 4.00. The molecule has 0 amide bonds. The summed E-state index contributed by atoms with van der Waals surface area (Å²) >= 11 is 5.09. The zero-order valence-corrected chi connectivity index (χ0v) is 12.4. The van der Waals surface area contributed by atoms with Crippen molar-refractivity contribution in [3.8, 4) is 0 Å². The molecular formula is C15H19N3S. The van der Waals surface area contributed by atoms with Gasteiger partial charge in [0, 0.05) is 19.7 Å². The SMILES string of the molecule is CC(C)c1ccccc1Cc1nn(C)cc1C(N)=S. The minimum Gasteiger partial charge on any atom is -0.389 e. The molecule has 0 fully saturated rings. The van der Waals surface area contributed by atoms with Gasteiger partial charge in [-0.05, 0) is 17.0 Å². The highest BCUT2D eigenvalue weighted by Gasteiger charge is 2.13. The van der Waals surface area contributed by atoms with Crippen molar-refractivity contribution in [2.75, 3.05) is 0 Å². The van der Waals surface area contributed by atoms with Gasteiger partial charge in [-0.15, -0.1) is 0 Å². The number of hydrogen-bond donors (Lipinski definition) is 1. The maximum absolute atomic E-state index is 5.76. The van der Waals surface area contributed by atoms with Crippen molar-refractivity contribution in [1.82, 2.24) is 9.78 Å². The molecule has 0 radical (unpaired) electrons. The lowest BCUT2D eigenvalue weighted by Gasteiger charge is -2.12. The average molecular weight is 273 g/mol. The molecule has 0 aliphatic heterocycles. The third-order valence-corrected chi connectivity index (χ3v) is 3.43. The van der Waals surface area contributed by atoms with Crippen molar-refractivity contribution in [2.24, 2.45) is 12.8 Å². The molecule has 0 aliphatic rings. The van der Waals surface area contributed by atoms with Gasteiger partial charge in [-0.1, -0.05) is 50.3 Å². The predicted molar refractivity (Wildman–Crippen MR) is 82.4 cm³/mol. The average Bonchev–Trinajstić information content (AvgIpc) is 2.71. The maximum atomic E-state index is 5.76. The maximum Gasteiger partial charge on any atom is 0.107 e. The summed E-state index contributed by atoms with van der Waals surface area (Å²) in [4.78, 5) is 0.408. The second kappa shape index (κ2) is 5.53. The van der Waals surface area contributed by atoms with E-state index in [4.69, 9.17) is 18.0 Å². The van der Waals surface area contributed by atoms with Gasteiger partial charge in [0.05, 0.1) is 11.3 Å². The van der Waals surface area contributed by atoms with E-state index < -0.39 is 0 Å². The van der Waals surface area contributed by atoms with Gasteiger partial charge in [-0.3, -0.25) is 4.68 Å². The fraction of sp³-hybridized carbons (Fsp3) is 0.333. The quantitative estimate of drug-likeness (QED) is 0.871. The summed E-state index contributed by atoms with van der Waals surface area (Å²) in [6.07, 6.45) is 2.65. The van der Waals surface area contributed by atoms with E-state index in [0.717, 1.165) is 17.7 Å². The molecule has 0 spiro atoms. The van der Waals surface area contributed by atoms with Crippen molar-refractivity contribution in [3.05, 3.63) is 52.8 Å². The predicted octanol–water partition coefficient (Wildman–Crippen LogP) is 2.77. The van der Waals surface area contributed by atoms with Crippen LogP contribution in [0.3, 0.4) is 0 Å². The van der Waals surface area contributed by atoms with Gasteiger partial charge < -0.3 is 5.73 Å². The van der Waals surface area contributed by atoms with Crippen LogP contribution in [0.1, 0.15) is 42.1 Å². The van der Waals surface area contributed by atoms with E-state index in [1.54, 1.807) is 4.68 Å². The lowest BCUT2D eigenvalue weighted by Crippen LogP contribution is -2.11. The number of aryl methyl sites for hydroxylation is 1. The molecule has 1 aromatic heterocycles. The van der Waals surface area contributed by atoms with Crippen molar-refractivity contribution in [1.29, 1.82) is 0 Å². The van der Waals surface area contributed by atoms with E-state index in [9.17, 15) is 0 Å². The van der Waals surface area contributed by atoms with Gasteiger partial charge in [0.1, 0.15) is 4.99 Å². The van der Waals surface area contributed by atoms with Crippen LogP contribution in [0.4, 0.5) is 0 Å². The van der Waals surface area contributed by atoms with Crippen molar-refractivity contribution in [3.63, 3.8) is 0 Å². The Morgan fingerprint density at radius 1 is 1.37 bits per heavy atom. The van der Waals surface area contributed by atoms with Crippen LogP contribution in [0.15, 0.2) is 30.5 Å². The van der Waals surface area contributed by atoms with Crippen LogP contribution >= 0.6 is 12.2 Å². The first kappa shape index (κ1) is 13.7. The van der Waals surface area contributed by atoms with E-state index in [-0.39, 0.29) is 0 Å². The first-order valence-electron chi connectivity index (χ1n) is 6.39. The van der Waals surface area contributed by atoms with Crippen LogP contribution in [0.5, 0.6) is 0 Å². The topological polar surface area (TPSA) is 43.8 Å². The molecule has 2 aromatic rings. The summed E-state index contributed by atoms with van der Waals surface area (Å²) in [7, 11) is 1.89. The molecule has 0 saturated carbocycles. The normalized spacial score (nSPS) is 10.9. The van der Waals surface area contributed by atoms with Crippen molar-refractivity contribution >= 4 is 17.2 Å². The standard InChI is InChI=1S/C15H19N3S/c1-10(2)12-7-5-4-6-11(12)8-14-13(15(16)19)9-18(3)17-14/h4-7,9-10H,8H2,1-3H3,(H2,16,19). The van der Waals surface area contributed by atoms with Gasteiger partial charge in [-0.2, -0.15) is 5.10 Å². The summed E-state index contributed by atoms with van der Waals surface area (Å²) in [5.41, 5.74) is 10.2. The Balaban J connectivity index is 2.39. The third kappa shape index (κ3) is 3.01. The Labute approximate surface area is 119 Å². The van der Waals surface area contributed by atoms with E-state index in [1.165, 1.54) is 11.1 Å². The zero-order chi connectivity index (χ0) is 14.0. The van der Waals surface area contributed by atoms with Gasteiger partial charge in [0.15, 0.2) is 0 Å². The van der Waals surface area contributed by atoms with Crippen LogP contribution in [-0.4, -0.2) is 14.8 Å². The number of benzene rings is 1. The van der Waals surface area contributed by atoms with Crippen LogP contribution in [0, 0.1) is 0 Å². The number of rotatable bonds is 4. The molecule has 1 aromatic carbocycles. The Hall–Kier alpha value is -1.68. The molecule has 19 heavy (non-hydrogen) atoms. The molecule has 0 aliphatic carbocycles. The largest absolute Gasteiger partial charge is 0.389 e. The Morgan fingerprint density at radius 2 is 2.05 bits per heavy atom. The summed E-state index contributed by atoms with van der Waals surface area (Å²) in [5, 5.41) is 4.48. The number of nitrogens with two attached hydrogens (primary N) is 1. The van der Waals surface area contributed by atoms with Crippen LogP contribution < -0.4 is 5.73 Å². The van der Waals surface area contributed by atoms with E-state index in [0.29, 0.717) is 10.9 Å². The minimum atomic E-state index is 0.408. The molecule has 4 heteroatoms. The van der Waals surface area contributed by atoms with Gasteiger partial charge >= 0.3 is 0 Å². The number of aromatic nitrogens is 2. The fourth-order valence-corrected chi connectivity index (χ4v) is 2.48. The van der Waals surface area contributed by atoms with Gasteiger partial charge in [0.2, 0.25) is 0 Å². The molecule has 2 rings (SSSR count). The second-order valence-electron chi connectivity index (χ2n) is 5.06. The lowest BCUT2D eigenvalue weighted by atomic mass is 9.94. The first-order valence-corrected chi connectivity index (χ1v) is 6.80. The molecule has 0 saturated heterocycles.